The van der Waals surface area contributed by atoms with Crippen LogP contribution in [0.2, 0.25) is 0 Å². The zero-order valence-electron chi connectivity index (χ0n) is 9.78. The van der Waals surface area contributed by atoms with E-state index >= 15 is 0 Å². The van der Waals surface area contributed by atoms with Crippen LogP contribution < -0.4 is 5.32 Å². The Hall–Kier alpha value is -1.57. The number of carbonyl (C=O) groups is 1. The first kappa shape index (κ1) is 13.9. The third-order valence-corrected chi connectivity index (χ3v) is 3.99. The third-order valence-electron chi connectivity index (χ3n) is 2.88. The number of nitrogens with one attached hydrogen (secondary N) is 1. The van der Waals surface area contributed by atoms with Crippen LogP contribution in [0.4, 0.5) is 13.2 Å². The summed E-state index contributed by atoms with van der Waals surface area (Å²) >= 11 is 0. The van der Waals surface area contributed by atoms with Crippen LogP contribution in [0.5, 0.6) is 0 Å². The van der Waals surface area contributed by atoms with E-state index in [1.807, 2.05) is 5.32 Å². The topological polar surface area (TPSA) is 63.2 Å². The van der Waals surface area contributed by atoms with E-state index in [-0.39, 0.29) is 16.0 Å². The van der Waals surface area contributed by atoms with E-state index in [4.69, 9.17) is 0 Å². The van der Waals surface area contributed by atoms with Gasteiger partial charge in [-0.05, 0) is 17.7 Å². The third kappa shape index (κ3) is 2.73. The fraction of sp³-hybridized carbons (Fsp3) is 0.364. The van der Waals surface area contributed by atoms with Crippen LogP contribution in [-0.4, -0.2) is 32.8 Å². The molecule has 0 aliphatic carbocycles. The average Bonchev–Trinajstić information content (AvgIpc) is 2.26. The van der Waals surface area contributed by atoms with Crippen molar-refractivity contribution >= 4 is 15.7 Å². The molecule has 1 aromatic rings. The summed E-state index contributed by atoms with van der Waals surface area (Å²) in [4.78, 5) is 11.5. The van der Waals surface area contributed by atoms with Gasteiger partial charge in [0.05, 0.1) is 4.90 Å². The van der Waals surface area contributed by atoms with E-state index in [0.29, 0.717) is 0 Å². The predicted octanol–water partition coefficient (Wildman–Crippen LogP) is 1.31. The lowest BCUT2D eigenvalue weighted by Gasteiger charge is -2.27. The van der Waals surface area contributed by atoms with Gasteiger partial charge in [-0.2, -0.15) is 13.2 Å². The minimum absolute atomic E-state index is 0.0246. The molecule has 0 bridgehead atoms. The van der Waals surface area contributed by atoms with Crippen molar-refractivity contribution in [2.45, 2.75) is 23.5 Å². The van der Waals surface area contributed by atoms with Crippen LogP contribution in [0, 0.1) is 0 Å². The van der Waals surface area contributed by atoms with Crippen LogP contribution in [0.1, 0.15) is 15.9 Å². The number of benzene rings is 1. The molecule has 104 valence electrons. The van der Waals surface area contributed by atoms with E-state index in [0.717, 1.165) is 12.3 Å². The molecule has 8 heteroatoms. The molecule has 2 rings (SSSR count). The molecule has 19 heavy (non-hydrogen) atoms. The summed E-state index contributed by atoms with van der Waals surface area (Å²) < 4.78 is 60.4. The number of carbonyl (C=O) groups excluding carboxylic acids is 1. The van der Waals surface area contributed by atoms with Gasteiger partial charge in [0, 0.05) is 18.2 Å². The van der Waals surface area contributed by atoms with Crippen molar-refractivity contribution in [2.24, 2.45) is 0 Å². The Morgan fingerprint density at radius 2 is 1.95 bits per heavy atom. The molecule has 4 nitrogen and oxygen atoms in total. The van der Waals surface area contributed by atoms with Gasteiger partial charge in [0.1, 0.15) is 6.04 Å². The predicted molar refractivity (Wildman–Crippen MR) is 60.6 cm³/mol. The Labute approximate surface area is 107 Å². The number of amides is 1. The van der Waals surface area contributed by atoms with Gasteiger partial charge in [-0.3, -0.25) is 4.79 Å². The molecule has 1 aromatic carbocycles. The highest BCUT2D eigenvalue weighted by Crippen LogP contribution is 2.29. The molecule has 1 heterocycles. The highest BCUT2D eigenvalue weighted by molar-refractivity contribution is 7.90. The smallest absolute Gasteiger partial charge is 0.340 e. The Morgan fingerprint density at radius 3 is 2.47 bits per heavy atom. The van der Waals surface area contributed by atoms with Gasteiger partial charge in [0.15, 0.2) is 9.84 Å². The average molecular weight is 293 g/mol. The van der Waals surface area contributed by atoms with Crippen molar-refractivity contribution in [1.29, 1.82) is 0 Å². The van der Waals surface area contributed by atoms with E-state index in [1.54, 1.807) is 0 Å². The maximum absolute atomic E-state index is 12.6. The molecule has 0 saturated heterocycles. The van der Waals surface area contributed by atoms with E-state index in [9.17, 15) is 26.4 Å². The number of fused-ring (bicyclic) bond motifs is 1. The normalized spacial score (nSPS) is 19.8. The Balaban J connectivity index is 2.45. The summed E-state index contributed by atoms with van der Waals surface area (Å²) in [5.41, 5.74) is 0.168. The Bertz CT molecular complexity index is 637. The minimum atomic E-state index is -4.52. The van der Waals surface area contributed by atoms with Crippen molar-refractivity contribution in [3.63, 3.8) is 0 Å². The van der Waals surface area contributed by atoms with Gasteiger partial charge in [-0.25, -0.2) is 8.42 Å². The zero-order valence-corrected chi connectivity index (χ0v) is 10.6. The second kappa shape index (κ2) is 4.22. The largest absolute Gasteiger partial charge is 0.408 e. The van der Waals surface area contributed by atoms with E-state index < -0.39 is 34.4 Å². The van der Waals surface area contributed by atoms with Gasteiger partial charge in [-0.15, -0.1) is 0 Å². The van der Waals surface area contributed by atoms with E-state index in [2.05, 4.69) is 0 Å². The summed E-state index contributed by atoms with van der Waals surface area (Å²) in [7, 11) is -3.50. The van der Waals surface area contributed by atoms with Crippen LogP contribution in [0.25, 0.3) is 0 Å². The highest BCUT2D eigenvalue weighted by Gasteiger charge is 2.43. The fourth-order valence-electron chi connectivity index (χ4n) is 1.88. The number of alkyl halides is 3. The van der Waals surface area contributed by atoms with E-state index in [1.165, 1.54) is 12.1 Å². The van der Waals surface area contributed by atoms with Gasteiger partial charge in [-0.1, -0.05) is 6.07 Å². The van der Waals surface area contributed by atoms with Gasteiger partial charge >= 0.3 is 6.18 Å². The Kier molecular flexibility index (Phi) is 3.08. The lowest BCUT2D eigenvalue weighted by atomic mass is 9.95. The molecular formula is C11H10F3NO3S. The van der Waals surface area contributed by atoms with Crippen molar-refractivity contribution in [1.82, 2.24) is 5.32 Å². The monoisotopic (exact) mass is 293 g/mol. The summed E-state index contributed by atoms with van der Waals surface area (Å²) in [6.45, 7) is 0. The first-order valence-corrected chi connectivity index (χ1v) is 7.19. The maximum atomic E-state index is 12.6. The first-order chi connectivity index (χ1) is 8.59. The number of halogens is 3. The fourth-order valence-corrected chi connectivity index (χ4v) is 2.53. The molecule has 1 aliphatic rings. The molecular weight excluding hydrogens is 283 g/mol. The van der Waals surface area contributed by atoms with Crippen molar-refractivity contribution < 1.29 is 26.4 Å². The van der Waals surface area contributed by atoms with Crippen molar-refractivity contribution in [3.05, 3.63) is 29.3 Å². The minimum Gasteiger partial charge on any atom is -0.340 e. The number of rotatable bonds is 1. The molecule has 0 saturated carbocycles. The molecule has 1 aliphatic heterocycles. The van der Waals surface area contributed by atoms with Gasteiger partial charge in [0.25, 0.3) is 5.91 Å². The molecule has 1 N–H and O–H groups in total. The second-order valence-electron chi connectivity index (χ2n) is 4.36. The quantitative estimate of drug-likeness (QED) is 0.849. The molecule has 0 spiro atoms. The summed E-state index contributed by atoms with van der Waals surface area (Å²) in [6.07, 6.45) is -3.95. The standard InChI is InChI=1S/C11H10F3NO3S/c1-19(17,18)7-3-2-6-4-9(11(12,13)14)15-10(16)8(6)5-7/h2-3,5,9H,4H2,1H3,(H,15,16). The summed E-state index contributed by atoms with van der Waals surface area (Å²) in [5.74, 6) is -0.908. The first-order valence-electron chi connectivity index (χ1n) is 5.29. The van der Waals surface area contributed by atoms with Crippen LogP contribution in [-0.2, 0) is 16.3 Å². The van der Waals surface area contributed by atoms with Gasteiger partial charge < -0.3 is 5.32 Å². The highest BCUT2D eigenvalue weighted by atomic mass is 32.2. The molecule has 1 unspecified atom stereocenters. The summed E-state index contributed by atoms with van der Waals surface area (Å²) in [5, 5.41) is 1.83. The lowest BCUT2D eigenvalue weighted by Crippen LogP contribution is -2.50. The molecule has 0 fully saturated rings. The van der Waals surface area contributed by atoms with Crippen molar-refractivity contribution in [3.8, 4) is 0 Å². The molecule has 1 amide bonds. The molecule has 0 aromatic heterocycles. The van der Waals surface area contributed by atoms with Crippen LogP contribution >= 0.6 is 0 Å². The zero-order chi connectivity index (χ0) is 14.4. The van der Waals surface area contributed by atoms with Crippen molar-refractivity contribution in [2.75, 3.05) is 6.26 Å². The number of hydrogen-bond acceptors (Lipinski definition) is 3. The number of hydrogen-bond donors (Lipinski definition) is 1. The maximum Gasteiger partial charge on any atom is 0.408 e. The van der Waals surface area contributed by atoms with Gasteiger partial charge in [0.2, 0.25) is 0 Å². The molecule has 1 atom stereocenters. The van der Waals surface area contributed by atoms with Crippen LogP contribution in [0.3, 0.4) is 0 Å². The number of sulfone groups is 1. The molecule has 0 radical (unpaired) electrons. The SMILES string of the molecule is CS(=O)(=O)c1ccc2c(c1)C(=O)NC(C(F)(F)F)C2. The second-order valence-corrected chi connectivity index (χ2v) is 6.38. The van der Waals surface area contributed by atoms with Crippen LogP contribution in [0.15, 0.2) is 23.1 Å². The Morgan fingerprint density at radius 1 is 1.32 bits per heavy atom. The summed E-state index contributed by atoms with van der Waals surface area (Å²) in [6, 6.07) is 1.63. The lowest BCUT2D eigenvalue weighted by molar-refractivity contribution is -0.153.